The lowest BCUT2D eigenvalue weighted by Gasteiger charge is -2.05. The molecule has 0 fully saturated rings. The smallest absolute Gasteiger partial charge is 0.224 e. The third kappa shape index (κ3) is 4.46. The Morgan fingerprint density at radius 2 is 2.10 bits per heavy atom. The maximum atomic E-state index is 11.7. The van der Waals surface area contributed by atoms with Gasteiger partial charge in [-0.1, -0.05) is 0 Å². The summed E-state index contributed by atoms with van der Waals surface area (Å²) in [5.74, 6) is 3.25. The van der Waals surface area contributed by atoms with Gasteiger partial charge in [0.1, 0.15) is 6.33 Å². The molecule has 0 radical (unpaired) electrons. The Bertz CT molecular complexity index is 637. The van der Waals surface area contributed by atoms with Crippen LogP contribution < -0.4 is 5.32 Å². The van der Waals surface area contributed by atoms with Crippen LogP contribution in [0.25, 0.3) is 11.4 Å². The molecule has 0 aliphatic carbocycles. The van der Waals surface area contributed by atoms with Crippen LogP contribution in [-0.4, -0.2) is 20.7 Å². The predicted octanol–water partition coefficient (Wildman–Crippen LogP) is 2.61. The number of rotatable bonds is 6. The van der Waals surface area contributed by atoms with Crippen LogP contribution in [0.1, 0.15) is 25.7 Å². The first-order chi connectivity index (χ1) is 10.2. The molecule has 1 aromatic heterocycles. The van der Waals surface area contributed by atoms with Crippen molar-refractivity contribution in [1.29, 1.82) is 0 Å². The Hall–Kier alpha value is -2.61. The fraction of sp³-hybridized carbons (Fsp3) is 0.312. The van der Waals surface area contributed by atoms with Crippen LogP contribution in [0.5, 0.6) is 0 Å². The summed E-state index contributed by atoms with van der Waals surface area (Å²) in [4.78, 5) is 15.9. The molecule has 1 aromatic carbocycles. The molecule has 2 rings (SSSR count). The van der Waals surface area contributed by atoms with Crippen molar-refractivity contribution in [3.05, 3.63) is 30.6 Å². The minimum atomic E-state index is 0.00994. The quantitative estimate of drug-likeness (QED) is 0.654. The minimum Gasteiger partial charge on any atom is -0.326 e. The second kappa shape index (κ2) is 7.25. The van der Waals surface area contributed by atoms with Crippen LogP contribution in [0, 0.1) is 12.3 Å². The number of carbonyl (C=O) groups excluding carboxylic acids is 1. The van der Waals surface area contributed by atoms with Gasteiger partial charge in [-0.2, -0.15) is 5.10 Å². The van der Waals surface area contributed by atoms with Crippen LogP contribution >= 0.6 is 0 Å². The molecular weight excluding hydrogens is 264 g/mol. The molecule has 108 valence electrons. The predicted molar refractivity (Wildman–Crippen MR) is 82.4 cm³/mol. The fourth-order valence-corrected chi connectivity index (χ4v) is 1.91. The van der Waals surface area contributed by atoms with Crippen molar-refractivity contribution in [2.24, 2.45) is 7.05 Å². The molecule has 0 aliphatic heterocycles. The zero-order chi connectivity index (χ0) is 15.1. The van der Waals surface area contributed by atoms with E-state index in [4.69, 9.17) is 6.42 Å². The number of aryl methyl sites for hydroxylation is 1. The second-order valence-corrected chi connectivity index (χ2v) is 4.78. The van der Waals surface area contributed by atoms with Gasteiger partial charge in [-0.3, -0.25) is 9.48 Å². The number of carbonyl (C=O) groups is 1. The summed E-state index contributed by atoms with van der Waals surface area (Å²) in [6, 6.07) is 7.49. The minimum absolute atomic E-state index is 0.00994. The van der Waals surface area contributed by atoms with Gasteiger partial charge in [0.25, 0.3) is 0 Å². The number of nitrogens with zero attached hydrogens (tertiary/aromatic N) is 3. The first-order valence-electron chi connectivity index (χ1n) is 6.88. The van der Waals surface area contributed by atoms with Crippen molar-refractivity contribution >= 4 is 11.6 Å². The summed E-state index contributed by atoms with van der Waals surface area (Å²) < 4.78 is 1.65. The third-order valence-corrected chi connectivity index (χ3v) is 3.00. The zero-order valence-corrected chi connectivity index (χ0v) is 12.0. The van der Waals surface area contributed by atoms with Crippen molar-refractivity contribution in [2.75, 3.05) is 5.32 Å². The van der Waals surface area contributed by atoms with E-state index in [-0.39, 0.29) is 5.91 Å². The molecule has 0 spiro atoms. The van der Waals surface area contributed by atoms with Crippen molar-refractivity contribution in [3.8, 4) is 23.7 Å². The van der Waals surface area contributed by atoms with Crippen LogP contribution in [-0.2, 0) is 11.8 Å². The standard InChI is InChI=1S/C16H18N4O/c1-3-4-5-6-7-15(21)18-14-10-8-13(9-11-14)16-17-12-20(2)19-16/h1,8-12H,4-7H2,2H3,(H,18,21). The largest absolute Gasteiger partial charge is 0.326 e. The fourth-order valence-electron chi connectivity index (χ4n) is 1.91. The van der Waals surface area contributed by atoms with E-state index < -0.39 is 0 Å². The topological polar surface area (TPSA) is 59.8 Å². The van der Waals surface area contributed by atoms with Crippen LogP contribution in [0.4, 0.5) is 5.69 Å². The molecule has 0 aliphatic rings. The first-order valence-corrected chi connectivity index (χ1v) is 6.88. The molecule has 1 N–H and O–H groups in total. The molecule has 0 saturated heterocycles. The maximum absolute atomic E-state index is 11.7. The van der Waals surface area contributed by atoms with E-state index in [0.29, 0.717) is 12.2 Å². The van der Waals surface area contributed by atoms with Gasteiger partial charge >= 0.3 is 0 Å². The number of amides is 1. The number of aromatic nitrogens is 3. The highest BCUT2D eigenvalue weighted by Crippen LogP contribution is 2.17. The zero-order valence-electron chi connectivity index (χ0n) is 12.0. The Balaban J connectivity index is 1.88. The van der Waals surface area contributed by atoms with E-state index >= 15 is 0 Å². The molecular formula is C16H18N4O. The average Bonchev–Trinajstić information content (AvgIpc) is 2.91. The Labute approximate surface area is 124 Å². The van der Waals surface area contributed by atoms with Gasteiger partial charge in [-0.15, -0.1) is 12.3 Å². The van der Waals surface area contributed by atoms with Crippen LogP contribution in [0.2, 0.25) is 0 Å². The molecule has 5 heteroatoms. The lowest BCUT2D eigenvalue weighted by atomic mass is 10.1. The van der Waals surface area contributed by atoms with Crippen molar-refractivity contribution in [3.63, 3.8) is 0 Å². The Kier molecular flexibility index (Phi) is 5.10. The number of anilines is 1. The molecule has 21 heavy (non-hydrogen) atoms. The van der Waals surface area contributed by atoms with Gasteiger partial charge in [0.15, 0.2) is 5.82 Å². The highest BCUT2D eigenvalue weighted by molar-refractivity contribution is 5.90. The van der Waals surface area contributed by atoms with E-state index in [1.54, 1.807) is 11.0 Å². The monoisotopic (exact) mass is 282 g/mol. The molecule has 0 unspecified atom stereocenters. The highest BCUT2D eigenvalue weighted by atomic mass is 16.1. The number of hydrogen-bond acceptors (Lipinski definition) is 3. The van der Waals surface area contributed by atoms with Crippen molar-refractivity contribution < 1.29 is 4.79 Å². The Morgan fingerprint density at radius 3 is 2.71 bits per heavy atom. The molecule has 2 aromatic rings. The third-order valence-electron chi connectivity index (χ3n) is 3.00. The van der Waals surface area contributed by atoms with E-state index in [0.717, 1.165) is 30.5 Å². The van der Waals surface area contributed by atoms with Crippen LogP contribution in [0.3, 0.4) is 0 Å². The maximum Gasteiger partial charge on any atom is 0.224 e. The normalized spacial score (nSPS) is 10.1. The van der Waals surface area contributed by atoms with Gasteiger partial charge in [0.2, 0.25) is 5.91 Å². The summed E-state index contributed by atoms with van der Waals surface area (Å²) in [5.41, 5.74) is 1.69. The molecule has 1 heterocycles. The summed E-state index contributed by atoms with van der Waals surface area (Å²) >= 11 is 0. The number of unbranched alkanes of at least 4 members (excludes halogenated alkanes) is 2. The van der Waals surface area contributed by atoms with Crippen molar-refractivity contribution in [2.45, 2.75) is 25.7 Å². The van der Waals surface area contributed by atoms with Crippen LogP contribution in [0.15, 0.2) is 30.6 Å². The number of benzene rings is 1. The molecule has 5 nitrogen and oxygen atoms in total. The molecule has 1 amide bonds. The molecule has 0 saturated carbocycles. The summed E-state index contributed by atoms with van der Waals surface area (Å²) in [5, 5.41) is 7.10. The van der Waals surface area contributed by atoms with E-state index in [9.17, 15) is 4.79 Å². The lowest BCUT2D eigenvalue weighted by molar-refractivity contribution is -0.116. The second-order valence-electron chi connectivity index (χ2n) is 4.78. The summed E-state index contributed by atoms with van der Waals surface area (Å²) in [6.45, 7) is 0. The number of terminal acetylenes is 1. The Morgan fingerprint density at radius 1 is 1.33 bits per heavy atom. The van der Waals surface area contributed by atoms with E-state index in [1.807, 2.05) is 31.3 Å². The highest BCUT2D eigenvalue weighted by Gasteiger charge is 2.05. The van der Waals surface area contributed by atoms with Gasteiger partial charge in [0, 0.05) is 31.1 Å². The average molecular weight is 282 g/mol. The van der Waals surface area contributed by atoms with Gasteiger partial charge in [-0.05, 0) is 37.1 Å². The van der Waals surface area contributed by atoms with E-state index in [1.165, 1.54) is 0 Å². The lowest BCUT2D eigenvalue weighted by Crippen LogP contribution is -2.10. The first kappa shape index (κ1) is 14.8. The van der Waals surface area contributed by atoms with Crippen molar-refractivity contribution in [1.82, 2.24) is 14.8 Å². The molecule has 0 bridgehead atoms. The summed E-state index contributed by atoms with van der Waals surface area (Å²) in [7, 11) is 1.82. The van der Waals surface area contributed by atoms with E-state index in [2.05, 4.69) is 21.3 Å². The SMILES string of the molecule is C#CCCCCC(=O)Nc1ccc(-c2ncn(C)n2)cc1. The summed E-state index contributed by atoms with van der Waals surface area (Å²) in [6.07, 6.45) is 9.73. The van der Waals surface area contributed by atoms with Gasteiger partial charge in [0.05, 0.1) is 0 Å². The van der Waals surface area contributed by atoms with Gasteiger partial charge < -0.3 is 5.32 Å². The molecule has 0 atom stereocenters. The number of nitrogens with one attached hydrogen (secondary N) is 1. The van der Waals surface area contributed by atoms with Gasteiger partial charge in [-0.25, -0.2) is 4.98 Å². The number of hydrogen-bond donors (Lipinski definition) is 1.